The number of fused-ring (bicyclic) bond motifs is 2. The molecule has 0 saturated carbocycles. The SMILES string of the molecule is CC1=C2CC[C]34[Zr+2][C]2(CCC3=C(C)c2c(C(C)C)cccc24)c2cccc(C(C)C)c21.[Cl-].[Cl-]. The quantitative estimate of drug-likeness (QED) is 0.533. The summed E-state index contributed by atoms with van der Waals surface area (Å²) in [5.74, 6) is 1.20. The van der Waals surface area contributed by atoms with Gasteiger partial charge in [0.05, 0.1) is 0 Å². The summed E-state index contributed by atoms with van der Waals surface area (Å²) < 4.78 is 0.871. The Bertz CT molecular complexity index is 1110. The standard InChI is InChI=1S/C30H34.2ClH.Zr/c1-17(2)21-9-7-11-27-25-15-14-24-20(6)30-22(18(3)4)10-8-12-28(30)26(24)16-13-23(25)19(5)29(21)27;;;/h7-12,17-18H,13-16H2,1-6H3;2*1H;/q;;;+2/p-2. The number of hydrogen-bond donors (Lipinski definition) is 0. The Morgan fingerprint density at radius 3 is 1.42 bits per heavy atom. The van der Waals surface area contributed by atoms with Gasteiger partial charge < -0.3 is 24.8 Å². The minimum absolute atomic E-state index is 0. The number of benzene rings is 2. The van der Waals surface area contributed by atoms with Crippen molar-refractivity contribution in [3.05, 3.63) is 80.9 Å². The van der Waals surface area contributed by atoms with E-state index in [2.05, 4.69) is 77.9 Å². The summed E-state index contributed by atoms with van der Waals surface area (Å²) in [6.07, 6.45) is 5.36. The van der Waals surface area contributed by atoms with Crippen molar-refractivity contribution < 1.29 is 48.0 Å². The van der Waals surface area contributed by atoms with Gasteiger partial charge in [0.1, 0.15) is 0 Å². The van der Waals surface area contributed by atoms with E-state index in [9.17, 15) is 0 Å². The molecule has 2 aromatic carbocycles. The Balaban J connectivity index is 0.00000130. The van der Waals surface area contributed by atoms with E-state index in [1.165, 1.54) is 25.7 Å². The van der Waals surface area contributed by atoms with Gasteiger partial charge in [-0.1, -0.05) is 0 Å². The summed E-state index contributed by atoms with van der Waals surface area (Å²) in [5, 5.41) is 0. The summed E-state index contributed by atoms with van der Waals surface area (Å²) in [6.45, 7) is 14.4. The molecule has 2 heterocycles. The second-order valence-electron chi connectivity index (χ2n) is 11.0. The second-order valence-corrected chi connectivity index (χ2v) is 15.8. The smallest absolute Gasteiger partial charge is 1.00 e. The van der Waals surface area contributed by atoms with Gasteiger partial charge in [-0.25, -0.2) is 0 Å². The monoisotopic (exact) mass is 554 g/mol. The van der Waals surface area contributed by atoms with Crippen LogP contribution >= 0.6 is 0 Å². The second kappa shape index (κ2) is 8.50. The third kappa shape index (κ3) is 3.11. The van der Waals surface area contributed by atoms with Crippen LogP contribution in [0.15, 0.2) is 47.5 Å². The summed E-state index contributed by atoms with van der Waals surface area (Å²) in [6, 6.07) is 14.6. The fourth-order valence-electron chi connectivity index (χ4n) is 7.69. The molecule has 2 aliphatic carbocycles. The topological polar surface area (TPSA) is 0 Å². The molecule has 2 fully saturated rings. The number of halogens is 2. The molecule has 0 nitrogen and oxygen atoms in total. The first kappa shape index (κ1) is 25.5. The van der Waals surface area contributed by atoms with Crippen LogP contribution in [0.2, 0.25) is 0 Å². The minimum atomic E-state index is -0.814. The van der Waals surface area contributed by atoms with E-state index < -0.39 is 23.2 Å². The normalized spacial score (nSPS) is 26.1. The third-order valence-corrected chi connectivity index (χ3v) is 15.1. The third-order valence-electron chi connectivity index (χ3n) is 8.97. The van der Waals surface area contributed by atoms with Crippen molar-refractivity contribution in [2.45, 2.75) is 85.3 Å². The first-order valence-electron chi connectivity index (χ1n) is 12.3. The van der Waals surface area contributed by atoms with Crippen molar-refractivity contribution in [1.29, 1.82) is 0 Å². The van der Waals surface area contributed by atoms with Crippen LogP contribution in [-0.4, -0.2) is 0 Å². The zero-order chi connectivity index (χ0) is 21.7. The Labute approximate surface area is 224 Å². The number of allylic oxidation sites excluding steroid dienone is 4. The summed E-state index contributed by atoms with van der Waals surface area (Å²) in [7, 11) is 0. The average Bonchev–Trinajstić information content (AvgIpc) is 3.13. The van der Waals surface area contributed by atoms with Crippen LogP contribution in [0.5, 0.6) is 0 Å². The maximum Gasteiger partial charge on any atom is -1.00 e. The molecule has 2 spiro atoms. The molecule has 0 aromatic heterocycles. The van der Waals surface area contributed by atoms with Crippen LogP contribution in [0.3, 0.4) is 0 Å². The van der Waals surface area contributed by atoms with Crippen molar-refractivity contribution in [2.24, 2.45) is 0 Å². The molecule has 2 unspecified atom stereocenters. The van der Waals surface area contributed by atoms with Gasteiger partial charge in [0.15, 0.2) is 0 Å². The van der Waals surface area contributed by atoms with Crippen LogP contribution in [-0.2, 0) is 29.5 Å². The van der Waals surface area contributed by atoms with Gasteiger partial charge in [0, 0.05) is 0 Å². The zero-order valence-electron chi connectivity index (χ0n) is 20.7. The van der Waals surface area contributed by atoms with Crippen molar-refractivity contribution in [3.63, 3.8) is 0 Å². The van der Waals surface area contributed by atoms with Crippen LogP contribution < -0.4 is 24.8 Å². The van der Waals surface area contributed by atoms with Gasteiger partial charge in [-0.05, 0) is 0 Å². The van der Waals surface area contributed by atoms with Gasteiger partial charge in [-0.15, -0.1) is 0 Å². The average molecular weight is 557 g/mol. The predicted octanol–water partition coefficient (Wildman–Crippen LogP) is 2.28. The van der Waals surface area contributed by atoms with Crippen LogP contribution in [0.4, 0.5) is 0 Å². The molecule has 2 aliphatic heterocycles. The summed E-state index contributed by atoms with van der Waals surface area (Å²) >= 11 is -0.814. The van der Waals surface area contributed by atoms with Gasteiger partial charge >= 0.3 is 201 Å². The Morgan fingerprint density at radius 2 is 1.06 bits per heavy atom. The Hall–Kier alpha value is -0.617. The fourth-order valence-corrected chi connectivity index (χ4v) is 14.7. The number of hydrogen-bond acceptors (Lipinski definition) is 0. The molecule has 2 atom stereocenters. The van der Waals surface area contributed by atoms with E-state index >= 15 is 0 Å². The number of rotatable bonds is 2. The van der Waals surface area contributed by atoms with Crippen LogP contribution in [0.1, 0.15) is 112 Å². The summed E-state index contributed by atoms with van der Waals surface area (Å²) in [5.41, 5.74) is 17.0. The molecule has 6 rings (SSSR count). The van der Waals surface area contributed by atoms with Crippen molar-refractivity contribution >= 4 is 11.1 Å². The van der Waals surface area contributed by atoms with Crippen LogP contribution in [0, 0.1) is 0 Å². The molecule has 2 aromatic rings. The van der Waals surface area contributed by atoms with Gasteiger partial charge in [-0.2, -0.15) is 0 Å². The molecular weight excluding hydrogens is 522 g/mol. The predicted molar refractivity (Wildman–Crippen MR) is 128 cm³/mol. The first-order chi connectivity index (χ1) is 14.8. The maximum absolute atomic E-state index is 2.53. The maximum atomic E-state index is 2.53. The molecule has 4 aliphatic rings. The fraction of sp³-hybridized carbons (Fsp3) is 0.467. The molecular formula is C30H34Cl2Zr. The molecule has 0 radical (unpaired) electrons. The molecule has 33 heavy (non-hydrogen) atoms. The van der Waals surface area contributed by atoms with E-state index in [1.807, 2.05) is 11.1 Å². The zero-order valence-corrected chi connectivity index (χ0v) is 24.7. The van der Waals surface area contributed by atoms with E-state index in [4.69, 9.17) is 0 Å². The molecule has 2 bridgehead atoms. The van der Waals surface area contributed by atoms with E-state index in [-0.39, 0.29) is 24.8 Å². The molecule has 0 N–H and O–H groups in total. The molecule has 172 valence electrons. The minimum Gasteiger partial charge on any atom is -1.00 e. The van der Waals surface area contributed by atoms with E-state index in [0.29, 0.717) is 18.1 Å². The van der Waals surface area contributed by atoms with Crippen molar-refractivity contribution in [1.82, 2.24) is 0 Å². The Morgan fingerprint density at radius 1 is 0.667 bits per heavy atom. The Kier molecular flexibility index (Phi) is 6.56. The summed E-state index contributed by atoms with van der Waals surface area (Å²) in [4.78, 5) is 0. The van der Waals surface area contributed by atoms with Crippen LogP contribution in [0.25, 0.3) is 11.1 Å². The van der Waals surface area contributed by atoms with E-state index in [1.54, 1.807) is 44.5 Å². The van der Waals surface area contributed by atoms with Gasteiger partial charge in [-0.3, -0.25) is 0 Å². The largest absolute Gasteiger partial charge is 1.00 e. The van der Waals surface area contributed by atoms with Gasteiger partial charge in [0.25, 0.3) is 0 Å². The molecule has 0 amide bonds. The van der Waals surface area contributed by atoms with Crippen molar-refractivity contribution in [3.8, 4) is 0 Å². The molecule has 2 saturated heterocycles. The van der Waals surface area contributed by atoms with E-state index in [0.717, 1.165) is 0 Å². The van der Waals surface area contributed by atoms with Crippen molar-refractivity contribution in [2.75, 3.05) is 0 Å². The first-order valence-corrected chi connectivity index (χ1v) is 14.7. The van der Waals surface area contributed by atoms with Gasteiger partial charge in [0.2, 0.25) is 0 Å². The molecule has 3 heteroatoms.